The van der Waals surface area contributed by atoms with Gasteiger partial charge in [0.15, 0.2) is 5.13 Å². The second-order valence-corrected chi connectivity index (χ2v) is 7.93. The first-order chi connectivity index (χ1) is 11.6. The molecule has 1 amide bonds. The minimum atomic E-state index is -0.150. The van der Waals surface area contributed by atoms with E-state index in [4.69, 9.17) is 0 Å². The number of thioether (sulfide) groups is 1. The molecule has 1 N–H and O–H groups in total. The van der Waals surface area contributed by atoms with Crippen molar-refractivity contribution in [1.29, 1.82) is 0 Å². The van der Waals surface area contributed by atoms with Gasteiger partial charge in [0.2, 0.25) is 0 Å². The molecule has 0 saturated heterocycles. The van der Waals surface area contributed by atoms with E-state index < -0.39 is 0 Å². The van der Waals surface area contributed by atoms with Crippen molar-refractivity contribution in [2.75, 3.05) is 5.32 Å². The number of nitrogens with one attached hydrogen (secondary N) is 1. The number of amides is 1. The Morgan fingerprint density at radius 3 is 2.67 bits per heavy atom. The molecule has 0 bridgehead atoms. The molecule has 2 aromatic heterocycles. The summed E-state index contributed by atoms with van der Waals surface area (Å²) in [5.41, 5.74) is 2.37. The summed E-state index contributed by atoms with van der Waals surface area (Å²) >= 11 is 3.18. The van der Waals surface area contributed by atoms with Gasteiger partial charge in [-0.05, 0) is 36.4 Å². The lowest BCUT2D eigenvalue weighted by Crippen LogP contribution is -2.11. The first kappa shape index (κ1) is 16.7. The molecule has 1 aromatic carbocycles. The van der Waals surface area contributed by atoms with Crippen LogP contribution >= 0.6 is 23.1 Å². The van der Waals surface area contributed by atoms with Gasteiger partial charge in [0.25, 0.3) is 5.91 Å². The van der Waals surface area contributed by atoms with Gasteiger partial charge < -0.3 is 0 Å². The number of hydrogen-bond acceptors (Lipinski definition) is 5. The SMILES string of the molecule is CC(C)Sc1ccc(C(=O)Nc2nc(-c3cccnc3)cs2)cc1. The van der Waals surface area contributed by atoms with Gasteiger partial charge in [-0.2, -0.15) is 0 Å². The second-order valence-electron chi connectivity index (χ2n) is 5.42. The highest BCUT2D eigenvalue weighted by Gasteiger charge is 2.10. The highest BCUT2D eigenvalue weighted by atomic mass is 32.2. The first-order valence-corrected chi connectivity index (χ1v) is 9.32. The predicted octanol–water partition coefficient (Wildman–Crippen LogP) is 4.96. The van der Waals surface area contributed by atoms with E-state index in [0.29, 0.717) is 15.9 Å². The Bertz CT molecular complexity index is 814. The Morgan fingerprint density at radius 2 is 2.00 bits per heavy atom. The van der Waals surface area contributed by atoms with Crippen molar-refractivity contribution in [2.24, 2.45) is 0 Å². The van der Waals surface area contributed by atoms with Crippen LogP contribution in [-0.4, -0.2) is 21.1 Å². The fourth-order valence-electron chi connectivity index (χ4n) is 2.10. The number of anilines is 1. The van der Waals surface area contributed by atoms with E-state index in [2.05, 4.69) is 29.1 Å². The van der Waals surface area contributed by atoms with Gasteiger partial charge in [0.1, 0.15) is 0 Å². The van der Waals surface area contributed by atoms with Gasteiger partial charge in [0, 0.05) is 39.0 Å². The Labute approximate surface area is 149 Å². The zero-order valence-electron chi connectivity index (χ0n) is 13.4. The smallest absolute Gasteiger partial charge is 0.257 e. The molecule has 3 rings (SSSR count). The predicted molar refractivity (Wildman–Crippen MR) is 101 cm³/mol. The number of nitrogens with zero attached hydrogens (tertiary/aromatic N) is 2. The van der Waals surface area contributed by atoms with E-state index in [9.17, 15) is 4.79 Å². The van der Waals surface area contributed by atoms with Crippen molar-refractivity contribution < 1.29 is 4.79 Å². The molecule has 2 heterocycles. The van der Waals surface area contributed by atoms with E-state index in [1.54, 1.807) is 24.2 Å². The summed E-state index contributed by atoms with van der Waals surface area (Å²) < 4.78 is 0. The Kier molecular flexibility index (Phi) is 5.27. The monoisotopic (exact) mass is 355 g/mol. The van der Waals surface area contributed by atoms with Gasteiger partial charge in [-0.25, -0.2) is 4.98 Å². The number of hydrogen-bond donors (Lipinski definition) is 1. The molecule has 0 spiro atoms. The summed E-state index contributed by atoms with van der Waals surface area (Å²) in [6, 6.07) is 11.4. The molecule has 0 fully saturated rings. The highest BCUT2D eigenvalue weighted by molar-refractivity contribution is 7.99. The minimum Gasteiger partial charge on any atom is -0.298 e. The van der Waals surface area contributed by atoms with E-state index in [1.165, 1.54) is 11.3 Å². The van der Waals surface area contributed by atoms with Crippen LogP contribution in [0.2, 0.25) is 0 Å². The number of carbonyl (C=O) groups excluding carboxylic acids is 1. The standard InChI is InChI=1S/C18H17N3OS2/c1-12(2)24-15-7-5-13(6-8-15)17(22)21-18-20-16(11-23-18)14-4-3-9-19-10-14/h3-12H,1-2H3,(H,20,21,22). The lowest BCUT2D eigenvalue weighted by Gasteiger charge is -2.06. The Morgan fingerprint density at radius 1 is 1.21 bits per heavy atom. The zero-order valence-corrected chi connectivity index (χ0v) is 15.0. The summed E-state index contributed by atoms with van der Waals surface area (Å²) in [4.78, 5) is 22.0. The van der Waals surface area contributed by atoms with Gasteiger partial charge >= 0.3 is 0 Å². The van der Waals surface area contributed by atoms with Crippen molar-refractivity contribution in [3.05, 3.63) is 59.7 Å². The molecule has 24 heavy (non-hydrogen) atoms. The average molecular weight is 355 g/mol. The summed E-state index contributed by atoms with van der Waals surface area (Å²) in [6.07, 6.45) is 3.48. The highest BCUT2D eigenvalue weighted by Crippen LogP contribution is 2.25. The van der Waals surface area contributed by atoms with Crippen molar-refractivity contribution in [1.82, 2.24) is 9.97 Å². The molecule has 0 atom stereocenters. The van der Waals surface area contributed by atoms with Gasteiger partial charge in [-0.15, -0.1) is 23.1 Å². The number of rotatable bonds is 5. The second kappa shape index (κ2) is 7.59. The molecule has 0 saturated carbocycles. The van der Waals surface area contributed by atoms with Crippen molar-refractivity contribution in [3.8, 4) is 11.3 Å². The number of aromatic nitrogens is 2. The number of pyridine rings is 1. The fourth-order valence-corrected chi connectivity index (χ4v) is 3.66. The average Bonchev–Trinajstić information content (AvgIpc) is 3.04. The third-order valence-corrected chi connectivity index (χ3v) is 4.94. The molecular weight excluding hydrogens is 338 g/mol. The maximum absolute atomic E-state index is 12.3. The molecule has 0 aliphatic heterocycles. The van der Waals surface area contributed by atoms with Crippen molar-refractivity contribution in [2.45, 2.75) is 24.0 Å². The van der Waals surface area contributed by atoms with Crippen LogP contribution in [0, 0.1) is 0 Å². The molecule has 3 aromatic rings. The molecule has 0 aliphatic rings. The normalized spacial score (nSPS) is 10.8. The molecule has 0 unspecified atom stereocenters. The third-order valence-electron chi connectivity index (χ3n) is 3.17. The topological polar surface area (TPSA) is 54.9 Å². The summed E-state index contributed by atoms with van der Waals surface area (Å²) in [6.45, 7) is 4.29. The summed E-state index contributed by atoms with van der Waals surface area (Å²) in [7, 11) is 0. The van der Waals surface area contributed by atoms with Gasteiger partial charge in [0.05, 0.1) is 5.69 Å². The summed E-state index contributed by atoms with van der Waals surface area (Å²) in [5, 5.41) is 5.86. The van der Waals surface area contributed by atoms with E-state index >= 15 is 0 Å². The van der Waals surface area contributed by atoms with Gasteiger partial charge in [-0.3, -0.25) is 15.1 Å². The minimum absolute atomic E-state index is 0.150. The van der Waals surface area contributed by atoms with E-state index in [-0.39, 0.29) is 5.91 Å². The number of thiazole rings is 1. The van der Waals surface area contributed by atoms with Crippen LogP contribution in [0.25, 0.3) is 11.3 Å². The fraction of sp³-hybridized carbons (Fsp3) is 0.167. The molecule has 0 aliphatic carbocycles. The molecule has 122 valence electrons. The van der Waals surface area contributed by atoms with Crippen LogP contribution in [0.15, 0.2) is 59.1 Å². The summed E-state index contributed by atoms with van der Waals surface area (Å²) in [5.74, 6) is -0.150. The van der Waals surface area contributed by atoms with E-state index in [0.717, 1.165) is 16.2 Å². The quantitative estimate of drug-likeness (QED) is 0.657. The van der Waals surface area contributed by atoms with Crippen LogP contribution in [-0.2, 0) is 0 Å². The van der Waals surface area contributed by atoms with Crippen LogP contribution in [0.3, 0.4) is 0 Å². The van der Waals surface area contributed by atoms with Crippen LogP contribution in [0.5, 0.6) is 0 Å². The molecule has 0 radical (unpaired) electrons. The molecule has 4 nitrogen and oxygen atoms in total. The van der Waals surface area contributed by atoms with Crippen molar-refractivity contribution in [3.63, 3.8) is 0 Å². The lowest BCUT2D eigenvalue weighted by molar-refractivity contribution is 0.102. The van der Waals surface area contributed by atoms with Crippen LogP contribution in [0.1, 0.15) is 24.2 Å². The van der Waals surface area contributed by atoms with Crippen LogP contribution < -0.4 is 5.32 Å². The van der Waals surface area contributed by atoms with Crippen molar-refractivity contribution >= 4 is 34.1 Å². The van der Waals surface area contributed by atoms with Gasteiger partial charge in [-0.1, -0.05) is 13.8 Å². The first-order valence-electron chi connectivity index (χ1n) is 7.56. The van der Waals surface area contributed by atoms with E-state index in [1.807, 2.05) is 41.8 Å². The largest absolute Gasteiger partial charge is 0.298 e. The van der Waals surface area contributed by atoms with Crippen LogP contribution in [0.4, 0.5) is 5.13 Å². The molecule has 6 heteroatoms. The maximum Gasteiger partial charge on any atom is 0.257 e. The lowest BCUT2D eigenvalue weighted by atomic mass is 10.2. The third kappa shape index (κ3) is 4.21. The maximum atomic E-state index is 12.3. The molecular formula is C18H17N3OS2. The zero-order chi connectivity index (χ0) is 16.9. The Hall–Kier alpha value is -2.18. The number of carbonyl (C=O) groups is 1. The number of benzene rings is 1. The Balaban J connectivity index is 1.68.